The summed E-state index contributed by atoms with van der Waals surface area (Å²) in [6, 6.07) is 4.94. The molecule has 2 nitrogen and oxygen atoms in total. The maximum atomic E-state index is 13.7. The van der Waals surface area contributed by atoms with Gasteiger partial charge in [-0.2, -0.15) is 0 Å². The van der Waals surface area contributed by atoms with Crippen LogP contribution in [0.5, 0.6) is 0 Å². The molecule has 0 saturated carbocycles. The van der Waals surface area contributed by atoms with Crippen LogP contribution in [-0.4, -0.2) is 4.98 Å². The predicted octanol–water partition coefficient (Wildman–Crippen LogP) is 4.20. The monoisotopic (exact) mass is 328 g/mol. The van der Waals surface area contributed by atoms with Gasteiger partial charge in [-0.15, -0.1) is 11.3 Å². The summed E-state index contributed by atoms with van der Waals surface area (Å²) < 4.78 is 14.6. The van der Waals surface area contributed by atoms with Crippen LogP contribution in [0.3, 0.4) is 0 Å². The van der Waals surface area contributed by atoms with Crippen molar-refractivity contribution in [3.8, 4) is 0 Å². The molecule has 1 heterocycles. The van der Waals surface area contributed by atoms with Crippen LogP contribution in [0.15, 0.2) is 28.9 Å². The summed E-state index contributed by atoms with van der Waals surface area (Å²) in [5, 5.41) is 4.31. The van der Waals surface area contributed by atoms with Crippen molar-refractivity contribution in [1.29, 1.82) is 0 Å². The van der Waals surface area contributed by atoms with E-state index in [1.165, 1.54) is 10.9 Å². The Labute approximate surface area is 118 Å². The summed E-state index contributed by atoms with van der Waals surface area (Å²) in [4.78, 5) is 5.46. The zero-order valence-electron chi connectivity index (χ0n) is 10.2. The van der Waals surface area contributed by atoms with Crippen LogP contribution in [0.4, 0.5) is 4.39 Å². The molecule has 0 fully saturated rings. The van der Waals surface area contributed by atoms with Crippen molar-refractivity contribution in [2.45, 2.75) is 26.4 Å². The normalized spacial score (nSPS) is 12.7. The van der Waals surface area contributed by atoms with Gasteiger partial charge in [0.2, 0.25) is 0 Å². The third-order valence-electron chi connectivity index (χ3n) is 2.65. The highest BCUT2D eigenvalue weighted by molar-refractivity contribution is 9.10. The van der Waals surface area contributed by atoms with Crippen molar-refractivity contribution < 1.29 is 4.39 Å². The van der Waals surface area contributed by atoms with Crippen LogP contribution in [-0.2, 0) is 6.54 Å². The molecule has 0 aliphatic carbocycles. The van der Waals surface area contributed by atoms with E-state index in [1.54, 1.807) is 23.5 Å². The van der Waals surface area contributed by atoms with Gasteiger partial charge in [0.1, 0.15) is 10.8 Å². The molecule has 5 heteroatoms. The van der Waals surface area contributed by atoms with Crippen LogP contribution >= 0.6 is 27.3 Å². The van der Waals surface area contributed by atoms with Crippen molar-refractivity contribution >= 4 is 27.3 Å². The summed E-state index contributed by atoms with van der Waals surface area (Å²) >= 11 is 5.01. The summed E-state index contributed by atoms with van der Waals surface area (Å²) in [5.74, 6) is -0.187. The Morgan fingerprint density at radius 2 is 2.28 bits per heavy atom. The molecule has 96 valence electrons. The predicted molar refractivity (Wildman–Crippen MR) is 76.2 cm³/mol. The fourth-order valence-corrected chi connectivity index (χ4v) is 2.80. The SMILES string of the molecule is Cc1cnc(CNC(C)c2cc(Br)ccc2F)s1. The van der Waals surface area contributed by atoms with E-state index in [4.69, 9.17) is 0 Å². The lowest BCUT2D eigenvalue weighted by Gasteiger charge is -2.14. The lowest BCUT2D eigenvalue weighted by molar-refractivity contribution is 0.527. The van der Waals surface area contributed by atoms with E-state index in [1.807, 2.05) is 20.0 Å². The van der Waals surface area contributed by atoms with Crippen LogP contribution < -0.4 is 5.32 Å². The summed E-state index contributed by atoms with van der Waals surface area (Å²) in [6.45, 7) is 4.63. The second-order valence-electron chi connectivity index (χ2n) is 4.13. The smallest absolute Gasteiger partial charge is 0.128 e. The van der Waals surface area contributed by atoms with Crippen molar-refractivity contribution in [2.24, 2.45) is 0 Å². The van der Waals surface area contributed by atoms with Gasteiger partial charge in [0.05, 0.1) is 0 Å². The molecule has 18 heavy (non-hydrogen) atoms. The Balaban J connectivity index is 2.03. The molecular formula is C13H14BrFN2S. The minimum Gasteiger partial charge on any atom is -0.304 e. The van der Waals surface area contributed by atoms with Gasteiger partial charge >= 0.3 is 0 Å². The fourth-order valence-electron chi connectivity index (χ4n) is 1.68. The quantitative estimate of drug-likeness (QED) is 0.909. The van der Waals surface area contributed by atoms with Crippen molar-refractivity contribution in [2.75, 3.05) is 0 Å². The van der Waals surface area contributed by atoms with Gasteiger partial charge in [-0.05, 0) is 32.0 Å². The van der Waals surface area contributed by atoms with Crippen molar-refractivity contribution in [3.05, 3.63) is 50.1 Å². The number of aromatic nitrogens is 1. The van der Waals surface area contributed by atoms with Crippen LogP contribution in [0, 0.1) is 12.7 Å². The Morgan fingerprint density at radius 1 is 1.50 bits per heavy atom. The number of hydrogen-bond donors (Lipinski definition) is 1. The van der Waals surface area contributed by atoms with E-state index in [0.717, 1.165) is 9.48 Å². The topological polar surface area (TPSA) is 24.9 Å². The first-order valence-electron chi connectivity index (χ1n) is 5.66. The van der Waals surface area contributed by atoms with Crippen molar-refractivity contribution in [3.63, 3.8) is 0 Å². The molecule has 2 rings (SSSR count). The molecule has 1 aromatic carbocycles. The Bertz CT molecular complexity index is 542. The van der Waals surface area contributed by atoms with E-state index >= 15 is 0 Å². The van der Waals surface area contributed by atoms with Gasteiger partial charge in [0.25, 0.3) is 0 Å². The largest absolute Gasteiger partial charge is 0.304 e. The van der Waals surface area contributed by atoms with Crippen LogP contribution in [0.2, 0.25) is 0 Å². The molecule has 0 aliphatic rings. The molecule has 0 aliphatic heterocycles. The van der Waals surface area contributed by atoms with Crippen molar-refractivity contribution in [1.82, 2.24) is 10.3 Å². The first-order chi connectivity index (χ1) is 8.56. The average Bonchev–Trinajstić information content (AvgIpc) is 2.75. The van der Waals surface area contributed by atoms with Crippen LogP contribution in [0.25, 0.3) is 0 Å². The third kappa shape index (κ3) is 3.37. The number of aryl methyl sites for hydroxylation is 1. The molecule has 1 aromatic heterocycles. The molecular weight excluding hydrogens is 315 g/mol. The van der Waals surface area contributed by atoms with Gasteiger partial charge in [-0.1, -0.05) is 15.9 Å². The second-order valence-corrected chi connectivity index (χ2v) is 6.37. The number of nitrogens with one attached hydrogen (secondary N) is 1. The average molecular weight is 329 g/mol. The molecule has 1 N–H and O–H groups in total. The number of rotatable bonds is 4. The van der Waals surface area contributed by atoms with Gasteiger partial charge in [-0.3, -0.25) is 0 Å². The van der Waals surface area contributed by atoms with Crippen LogP contribution in [0.1, 0.15) is 28.4 Å². The maximum absolute atomic E-state index is 13.7. The van der Waals surface area contributed by atoms with Gasteiger partial charge in [0.15, 0.2) is 0 Å². The van der Waals surface area contributed by atoms with Gasteiger partial charge in [0, 0.05) is 33.7 Å². The minimum atomic E-state index is -0.187. The zero-order chi connectivity index (χ0) is 13.1. The van der Waals surface area contributed by atoms with Gasteiger partial charge < -0.3 is 5.32 Å². The lowest BCUT2D eigenvalue weighted by Crippen LogP contribution is -2.19. The molecule has 0 spiro atoms. The molecule has 2 aromatic rings. The first-order valence-corrected chi connectivity index (χ1v) is 7.27. The molecule has 0 bridgehead atoms. The van der Waals surface area contributed by atoms with Gasteiger partial charge in [-0.25, -0.2) is 9.37 Å². The summed E-state index contributed by atoms with van der Waals surface area (Å²) in [7, 11) is 0. The highest BCUT2D eigenvalue weighted by Gasteiger charge is 2.11. The number of halogens is 2. The zero-order valence-corrected chi connectivity index (χ0v) is 12.6. The molecule has 0 saturated heterocycles. The number of nitrogens with zero attached hydrogens (tertiary/aromatic N) is 1. The highest BCUT2D eigenvalue weighted by Crippen LogP contribution is 2.22. The molecule has 1 unspecified atom stereocenters. The van der Waals surface area contributed by atoms with E-state index in [9.17, 15) is 4.39 Å². The van der Waals surface area contributed by atoms with E-state index in [0.29, 0.717) is 12.1 Å². The maximum Gasteiger partial charge on any atom is 0.128 e. The number of thiazole rings is 1. The Morgan fingerprint density at radius 3 is 2.94 bits per heavy atom. The molecule has 0 amide bonds. The fraction of sp³-hybridized carbons (Fsp3) is 0.308. The Kier molecular flexibility index (Phi) is 4.48. The second kappa shape index (κ2) is 5.91. The number of benzene rings is 1. The molecule has 0 radical (unpaired) electrons. The highest BCUT2D eigenvalue weighted by atomic mass is 79.9. The standard InChI is InChI=1S/C13H14BrFN2S/c1-8-6-17-13(18-8)7-16-9(2)11-5-10(14)3-4-12(11)15/h3-6,9,16H,7H2,1-2H3. The number of hydrogen-bond acceptors (Lipinski definition) is 3. The summed E-state index contributed by atoms with van der Waals surface area (Å²) in [5.41, 5.74) is 0.664. The van der Waals surface area contributed by atoms with E-state index in [2.05, 4.69) is 26.2 Å². The lowest BCUT2D eigenvalue weighted by atomic mass is 10.1. The summed E-state index contributed by atoms with van der Waals surface area (Å²) in [6.07, 6.45) is 1.85. The van der Waals surface area contributed by atoms with E-state index in [-0.39, 0.29) is 11.9 Å². The minimum absolute atomic E-state index is 0.0493. The van der Waals surface area contributed by atoms with E-state index < -0.39 is 0 Å². The first kappa shape index (κ1) is 13.6. The molecule has 1 atom stereocenters. The Hall–Kier alpha value is -0.780. The third-order valence-corrected chi connectivity index (χ3v) is 4.06.